The maximum Gasteiger partial charge on any atom is 0.254 e. The predicted octanol–water partition coefficient (Wildman–Crippen LogP) is 3.06. The lowest BCUT2D eigenvalue weighted by Crippen LogP contribution is -2.34. The molecule has 0 aliphatic rings. The Morgan fingerprint density at radius 2 is 1.73 bits per heavy atom. The predicted molar refractivity (Wildman–Crippen MR) is 101 cm³/mol. The van der Waals surface area contributed by atoms with E-state index >= 15 is 0 Å². The molecule has 0 saturated carbocycles. The summed E-state index contributed by atoms with van der Waals surface area (Å²) in [7, 11) is 0. The molecular formula is C21H21N3O2. The highest BCUT2D eigenvalue weighted by Crippen LogP contribution is 2.21. The molecule has 3 aromatic rings. The molecule has 0 unspecified atom stereocenters. The number of hydrogen-bond acceptors (Lipinski definition) is 3. The molecule has 2 aromatic carbocycles. The summed E-state index contributed by atoms with van der Waals surface area (Å²) in [5.41, 5.74) is 8.45. The van der Waals surface area contributed by atoms with E-state index < -0.39 is 5.91 Å². The largest absolute Gasteiger partial charge is 0.370 e. The van der Waals surface area contributed by atoms with Crippen LogP contribution in [0.4, 0.5) is 0 Å². The first-order chi connectivity index (χ1) is 12.5. The molecule has 5 nitrogen and oxygen atoms in total. The van der Waals surface area contributed by atoms with Gasteiger partial charge in [0, 0.05) is 30.6 Å². The molecule has 0 fully saturated rings. The molecular weight excluding hydrogens is 326 g/mol. The van der Waals surface area contributed by atoms with Gasteiger partial charge in [0.05, 0.1) is 11.1 Å². The van der Waals surface area contributed by atoms with Crippen molar-refractivity contribution >= 4 is 22.7 Å². The van der Waals surface area contributed by atoms with Crippen LogP contribution in [0.15, 0.2) is 60.7 Å². The number of aryl methyl sites for hydroxylation is 1. The van der Waals surface area contributed by atoms with Crippen molar-refractivity contribution in [2.45, 2.75) is 19.9 Å². The first-order valence-corrected chi connectivity index (χ1v) is 8.52. The summed E-state index contributed by atoms with van der Waals surface area (Å²) >= 11 is 0. The first kappa shape index (κ1) is 17.6. The van der Waals surface area contributed by atoms with Gasteiger partial charge in [0.1, 0.15) is 0 Å². The van der Waals surface area contributed by atoms with E-state index in [1.807, 2.05) is 61.5 Å². The third-order valence-electron chi connectivity index (χ3n) is 4.21. The molecule has 2 amide bonds. The van der Waals surface area contributed by atoms with Gasteiger partial charge < -0.3 is 10.6 Å². The van der Waals surface area contributed by atoms with Crippen LogP contribution in [0.5, 0.6) is 0 Å². The summed E-state index contributed by atoms with van der Waals surface area (Å²) in [5, 5.41) is 0.806. The van der Waals surface area contributed by atoms with Gasteiger partial charge in [0.25, 0.3) is 5.91 Å². The SMILES string of the molecule is Cc1cc(C(=O)N(CCC(N)=O)Cc2ccccc2)c2ccccc2n1. The molecule has 0 spiro atoms. The van der Waals surface area contributed by atoms with Gasteiger partial charge in [-0.25, -0.2) is 0 Å². The van der Waals surface area contributed by atoms with Crippen LogP contribution in [0.3, 0.4) is 0 Å². The minimum Gasteiger partial charge on any atom is -0.370 e. The Labute approximate surface area is 152 Å². The van der Waals surface area contributed by atoms with Crippen LogP contribution in [0.1, 0.15) is 28.0 Å². The van der Waals surface area contributed by atoms with Crippen LogP contribution >= 0.6 is 0 Å². The Morgan fingerprint density at radius 1 is 1.04 bits per heavy atom. The molecule has 132 valence electrons. The van der Waals surface area contributed by atoms with Gasteiger partial charge in [-0.2, -0.15) is 0 Å². The number of hydrogen-bond donors (Lipinski definition) is 1. The zero-order chi connectivity index (χ0) is 18.5. The lowest BCUT2D eigenvalue weighted by molar-refractivity contribution is -0.118. The molecule has 0 aliphatic carbocycles. The Kier molecular flexibility index (Phi) is 5.27. The smallest absolute Gasteiger partial charge is 0.254 e. The number of aromatic nitrogens is 1. The Bertz CT molecular complexity index is 938. The standard InChI is InChI=1S/C21H21N3O2/c1-15-13-18(17-9-5-6-10-19(17)23-15)21(26)24(12-11-20(22)25)14-16-7-3-2-4-8-16/h2-10,13H,11-12,14H2,1H3,(H2,22,25). The van der Waals surface area contributed by atoms with Gasteiger partial charge in [-0.15, -0.1) is 0 Å². The summed E-state index contributed by atoms with van der Waals surface area (Å²) in [6.45, 7) is 2.57. The molecule has 0 atom stereocenters. The molecule has 2 N–H and O–H groups in total. The summed E-state index contributed by atoms with van der Waals surface area (Å²) in [6.07, 6.45) is 0.126. The molecule has 0 radical (unpaired) electrons. The van der Waals surface area contributed by atoms with Crippen LogP contribution in [0.25, 0.3) is 10.9 Å². The molecule has 1 heterocycles. The van der Waals surface area contributed by atoms with Crippen molar-refractivity contribution in [2.24, 2.45) is 5.73 Å². The van der Waals surface area contributed by atoms with Crippen molar-refractivity contribution in [3.63, 3.8) is 0 Å². The minimum atomic E-state index is -0.424. The van der Waals surface area contributed by atoms with Gasteiger partial charge in [-0.05, 0) is 24.6 Å². The van der Waals surface area contributed by atoms with Gasteiger partial charge in [-0.1, -0.05) is 48.5 Å². The molecule has 0 bridgehead atoms. The number of carbonyl (C=O) groups is 2. The Morgan fingerprint density at radius 3 is 2.46 bits per heavy atom. The quantitative estimate of drug-likeness (QED) is 0.744. The van der Waals surface area contributed by atoms with Crippen molar-refractivity contribution < 1.29 is 9.59 Å². The van der Waals surface area contributed by atoms with Crippen LogP contribution in [0, 0.1) is 6.92 Å². The van der Waals surface area contributed by atoms with Crippen molar-refractivity contribution in [1.29, 1.82) is 0 Å². The second-order valence-electron chi connectivity index (χ2n) is 6.26. The molecule has 3 rings (SSSR count). The summed E-state index contributed by atoms with van der Waals surface area (Å²) in [4.78, 5) is 30.7. The van der Waals surface area contributed by atoms with E-state index in [1.54, 1.807) is 11.0 Å². The number of nitrogens with zero attached hydrogens (tertiary/aromatic N) is 2. The van der Waals surface area contributed by atoms with E-state index in [9.17, 15) is 9.59 Å². The zero-order valence-corrected chi connectivity index (χ0v) is 14.7. The summed E-state index contributed by atoms with van der Waals surface area (Å²) < 4.78 is 0. The van der Waals surface area contributed by atoms with Crippen molar-refractivity contribution in [1.82, 2.24) is 9.88 Å². The molecule has 0 saturated heterocycles. The average molecular weight is 347 g/mol. The lowest BCUT2D eigenvalue weighted by Gasteiger charge is -2.23. The summed E-state index contributed by atoms with van der Waals surface area (Å²) in [6, 6.07) is 19.1. The average Bonchev–Trinajstić information content (AvgIpc) is 2.64. The van der Waals surface area contributed by atoms with Crippen molar-refractivity contribution in [2.75, 3.05) is 6.54 Å². The molecule has 1 aromatic heterocycles. The van der Waals surface area contributed by atoms with E-state index in [0.29, 0.717) is 12.1 Å². The van der Waals surface area contributed by atoms with E-state index in [2.05, 4.69) is 4.98 Å². The number of benzene rings is 2. The summed E-state index contributed by atoms with van der Waals surface area (Å²) in [5.74, 6) is -0.552. The Hall–Kier alpha value is -3.21. The number of primary amides is 1. The fourth-order valence-corrected chi connectivity index (χ4v) is 2.96. The number of rotatable bonds is 6. The third-order valence-corrected chi connectivity index (χ3v) is 4.21. The number of nitrogens with two attached hydrogens (primary N) is 1. The number of amides is 2. The van der Waals surface area contributed by atoms with Crippen LogP contribution in [-0.4, -0.2) is 28.2 Å². The third kappa shape index (κ3) is 4.06. The van der Waals surface area contributed by atoms with E-state index in [4.69, 9.17) is 5.73 Å². The van der Waals surface area contributed by atoms with Gasteiger partial charge in [0.15, 0.2) is 0 Å². The number of fused-ring (bicyclic) bond motifs is 1. The van der Waals surface area contributed by atoms with Crippen molar-refractivity contribution in [3.05, 3.63) is 77.5 Å². The highest BCUT2D eigenvalue weighted by Gasteiger charge is 2.20. The molecule has 0 aliphatic heterocycles. The zero-order valence-electron chi connectivity index (χ0n) is 14.7. The first-order valence-electron chi connectivity index (χ1n) is 8.52. The maximum atomic E-state index is 13.3. The number of carbonyl (C=O) groups excluding carboxylic acids is 2. The van der Waals surface area contributed by atoms with Crippen LogP contribution in [0.2, 0.25) is 0 Å². The number of para-hydroxylation sites is 1. The maximum absolute atomic E-state index is 13.3. The lowest BCUT2D eigenvalue weighted by atomic mass is 10.1. The fourth-order valence-electron chi connectivity index (χ4n) is 2.96. The van der Waals surface area contributed by atoms with Crippen LogP contribution < -0.4 is 5.73 Å². The van der Waals surface area contributed by atoms with Gasteiger partial charge >= 0.3 is 0 Å². The Balaban J connectivity index is 1.98. The van der Waals surface area contributed by atoms with Gasteiger partial charge in [0.2, 0.25) is 5.91 Å². The van der Waals surface area contributed by atoms with Crippen molar-refractivity contribution in [3.8, 4) is 0 Å². The highest BCUT2D eigenvalue weighted by molar-refractivity contribution is 6.06. The van der Waals surface area contributed by atoms with Crippen LogP contribution in [-0.2, 0) is 11.3 Å². The second kappa shape index (κ2) is 7.78. The molecule has 26 heavy (non-hydrogen) atoms. The van der Waals surface area contributed by atoms with Gasteiger partial charge in [-0.3, -0.25) is 14.6 Å². The highest BCUT2D eigenvalue weighted by atomic mass is 16.2. The normalized spacial score (nSPS) is 10.7. The minimum absolute atomic E-state index is 0.126. The second-order valence-corrected chi connectivity index (χ2v) is 6.26. The monoisotopic (exact) mass is 347 g/mol. The van der Waals surface area contributed by atoms with E-state index in [1.165, 1.54) is 0 Å². The van der Waals surface area contributed by atoms with E-state index in [0.717, 1.165) is 22.2 Å². The topological polar surface area (TPSA) is 76.3 Å². The van der Waals surface area contributed by atoms with E-state index in [-0.39, 0.29) is 18.9 Å². The fraction of sp³-hybridized carbons (Fsp3) is 0.190. The number of pyridine rings is 1. The molecule has 5 heteroatoms.